The molecule has 0 N–H and O–H groups in total. The number of aryl methyl sites for hydroxylation is 1. The maximum Gasteiger partial charge on any atom is 0.204 e. The molecule has 0 aliphatic rings. The van der Waals surface area contributed by atoms with E-state index in [0.717, 1.165) is 0 Å². The van der Waals surface area contributed by atoms with E-state index in [1.807, 2.05) is 0 Å². The molecule has 2 aromatic rings. The Morgan fingerprint density at radius 1 is 1.24 bits per heavy atom. The summed E-state index contributed by atoms with van der Waals surface area (Å²) >= 11 is 11.8. The molecule has 0 fully saturated rings. The van der Waals surface area contributed by atoms with Crippen LogP contribution in [0.5, 0.6) is 5.75 Å². The molecule has 110 valence electrons. The molecule has 0 aromatic heterocycles. The number of ketones is 1. The number of carbonyl (C=O) groups excluding carboxylic acids is 1. The Hall–Kier alpha value is -1.58. The minimum atomic E-state index is -0.861. The van der Waals surface area contributed by atoms with Crippen LogP contribution in [0, 0.1) is 12.7 Å². The average Bonchev–Trinajstić information content (AvgIpc) is 2.43. The van der Waals surface area contributed by atoms with Crippen molar-refractivity contribution < 1.29 is 13.9 Å². The molecule has 0 aliphatic carbocycles. The third-order valence-corrected chi connectivity index (χ3v) is 3.57. The molecule has 0 heterocycles. The van der Waals surface area contributed by atoms with E-state index in [-0.39, 0.29) is 16.6 Å². The van der Waals surface area contributed by atoms with Crippen LogP contribution in [0.4, 0.5) is 4.39 Å². The fraction of sp³-hybridized carbons (Fsp3) is 0.188. The summed E-state index contributed by atoms with van der Waals surface area (Å²) in [4.78, 5) is 12.3. The summed E-state index contributed by atoms with van der Waals surface area (Å²) in [6.45, 7) is 3.18. The van der Waals surface area contributed by atoms with Gasteiger partial charge in [-0.3, -0.25) is 4.79 Å². The van der Waals surface area contributed by atoms with Crippen molar-refractivity contribution in [3.8, 4) is 5.75 Å². The molecule has 0 spiro atoms. The molecule has 21 heavy (non-hydrogen) atoms. The van der Waals surface area contributed by atoms with Crippen LogP contribution in [0.2, 0.25) is 10.0 Å². The van der Waals surface area contributed by atoms with Gasteiger partial charge in [0.2, 0.25) is 5.78 Å². The van der Waals surface area contributed by atoms with E-state index in [4.69, 9.17) is 27.9 Å². The van der Waals surface area contributed by atoms with Crippen molar-refractivity contribution in [1.29, 1.82) is 0 Å². The van der Waals surface area contributed by atoms with Gasteiger partial charge in [0.15, 0.2) is 17.7 Å². The molecule has 0 radical (unpaired) electrons. The van der Waals surface area contributed by atoms with Crippen LogP contribution in [0.1, 0.15) is 22.8 Å². The third-order valence-electron chi connectivity index (χ3n) is 3.03. The van der Waals surface area contributed by atoms with Gasteiger partial charge in [-0.15, -0.1) is 0 Å². The summed E-state index contributed by atoms with van der Waals surface area (Å²) in [7, 11) is 0. The Balaban J connectivity index is 2.21. The predicted octanol–water partition coefficient (Wildman–Crippen LogP) is 5.09. The van der Waals surface area contributed by atoms with Gasteiger partial charge in [0.1, 0.15) is 0 Å². The smallest absolute Gasteiger partial charge is 0.204 e. The molecule has 2 nitrogen and oxygen atoms in total. The minimum absolute atomic E-state index is 0.0425. The predicted molar refractivity (Wildman–Crippen MR) is 82.0 cm³/mol. The van der Waals surface area contributed by atoms with Crippen LogP contribution in [0.3, 0.4) is 0 Å². The SMILES string of the molecule is Cc1cccc(OC(C)C(=O)c2ccc(Cl)cc2Cl)c1F. The van der Waals surface area contributed by atoms with E-state index in [1.165, 1.54) is 18.2 Å². The van der Waals surface area contributed by atoms with Crippen molar-refractivity contribution in [2.24, 2.45) is 0 Å². The quantitative estimate of drug-likeness (QED) is 0.731. The van der Waals surface area contributed by atoms with Crippen molar-refractivity contribution in [3.63, 3.8) is 0 Å². The Morgan fingerprint density at radius 3 is 2.62 bits per heavy atom. The highest BCUT2D eigenvalue weighted by molar-refractivity contribution is 6.37. The molecule has 2 rings (SSSR count). The second-order valence-electron chi connectivity index (χ2n) is 4.64. The molecular weight excluding hydrogens is 314 g/mol. The van der Waals surface area contributed by atoms with Gasteiger partial charge in [-0.25, -0.2) is 4.39 Å². The normalized spacial score (nSPS) is 12.0. The van der Waals surface area contributed by atoms with Crippen LogP contribution in [-0.4, -0.2) is 11.9 Å². The first kappa shape index (κ1) is 15.8. The highest BCUT2D eigenvalue weighted by Gasteiger charge is 2.21. The maximum absolute atomic E-state index is 13.9. The van der Waals surface area contributed by atoms with Crippen molar-refractivity contribution >= 4 is 29.0 Å². The molecule has 0 saturated carbocycles. The van der Waals surface area contributed by atoms with E-state index in [1.54, 1.807) is 32.0 Å². The van der Waals surface area contributed by atoms with Crippen LogP contribution >= 0.6 is 23.2 Å². The number of Topliss-reactive ketones (excluding diaryl/α,β-unsaturated/α-hetero) is 1. The lowest BCUT2D eigenvalue weighted by Crippen LogP contribution is -2.24. The lowest BCUT2D eigenvalue weighted by Gasteiger charge is -2.15. The zero-order chi connectivity index (χ0) is 15.6. The first-order valence-corrected chi connectivity index (χ1v) is 7.06. The molecule has 0 amide bonds. The lowest BCUT2D eigenvalue weighted by atomic mass is 10.1. The van der Waals surface area contributed by atoms with E-state index < -0.39 is 11.9 Å². The fourth-order valence-corrected chi connectivity index (χ4v) is 2.37. The largest absolute Gasteiger partial charge is 0.479 e. The summed E-state index contributed by atoms with van der Waals surface area (Å²) in [6.07, 6.45) is -0.861. The van der Waals surface area contributed by atoms with Gasteiger partial charge in [-0.2, -0.15) is 0 Å². The summed E-state index contributed by atoms with van der Waals surface area (Å²) in [6, 6.07) is 9.36. The topological polar surface area (TPSA) is 26.3 Å². The molecule has 0 bridgehead atoms. The maximum atomic E-state index is 13.9. The summed E-state index contributed by atoms with van der Waals surface area (Å²) in [5.74, 6) is -0.766. The first-order valence-electron chi connectivity index (χ1n) is 6.31. The minimum Gasteiger partial charge on any atom is -0.479 e. The number of carbonyl (C=O) groups is 1. The van der Waals surface area contributed by atoms with Crippen LogP contribution in [-0.2, 0) is 0 Å². The number of benzene rings is 2. The van der Waals surface area contributed by atoms with Gasteiger partial charge in [-0.1, -0.05) is 35.3 Å². The second-order valence-corrected chi connectivity index (χ2v) is 5.48. The zero-order valence-electron chi connectivity index (χ0n) is 11.5. The van der Waals surface area contributed by atoms with E-state index in [9.17, 15) is 9.18 Å². The number of hydrogen-bond donors (Lipinski definition) is 0. The Kier molecular flexibility index (Phi) is 4.86. The number of ether oxygens (including phenoxy) is 1. The highest BCUT2D eigenvalue weighted by Crippen LogP contribution is 2.25. The van der Waals surface area contributed by atoms with Gasteiger partial charge in [0, 0.05) is 10.6 Å². The van der Waals surface area contributed by atoms with Crippen molar-refractivity contribution in [2.75, 3.05) is 0 Å². The van der Waals surface area contributed by atoms with Crippen molar-refractivity contribution in [1.82, 2.24) is 0 Å². The summed E-state index contributed by atoms with van der Waals surface area (Å²) in [5.41, 5.74) is 0.748. The summed E-state index contributed by atoms with van der Waals surface area (Å²) < 4.78 is 19.3. The molecule has 2 aromatic carbocycles. The van der Waals surface area contributed by atoms with Crippen LogP contribution in [0.15, 0.2) is 36.4 Å². The van der Waals surface area contributed by atoms with E-state index in [2.05, 4.69) is 0 Å². The molecule has 1 atom stereocenters. The Morgan fingerprint density at radius 2 is 1.95 bits per heavy atom. The van der Waals surface area contributed by atoms with Gasteiger partial charge in [0.05, 0.1) is 5.02 Å². The fourth-order valence-electron chi connectivity index (χ4n) is 1.86. The highest BCUT2D eigenvalue weighted by atomic mass is 35.5. The van der Waals surface area contributed by atoms with Crippen LogP contribution < -0.4 is 4.74 Å². The number of halogens is 3. The molecule has 0 aliphatic heterocycles. The molecule has 1 unspecified atom stereocenters. The average molecular weight is 327 g/mol. The Bertz CT molecular complexity index is 686. The molecular formula is C16H13Cl2FO2. The molecule has 5 heteroatoms. The van der Waals surface area contributed by atoms with Crippen molar-refractivity contribution in [2.45, 2.75) is 20.0 Å². The van der Waals surface area contributed by atoms with E-state index in [0.29, 0.717) is 16.1 Å². The lowest BCUT2D eigenvalue weighted by molar-refractivity contribution is 0.0812. The van der Waals surface area contributed by atoms with Crippen LogP contribution in [0.25, 0.3) is 0 Å². The monoisotopic (exact) mass is 326 g/mol. The zero-order valence-corrected chi connectivity index (χ0v) is 13.0. The standard InChI is InChI=1S/C16H13Cl2FO2/c1-9-4-3-5-14(15(9)19)21-10(2)16(20)12-7-6-11(17)8-13(12)18/h3-8,10H,1-2H3. The first-order chi connectivity index (χ1) is 9.90. The third kappa shape index (κ3) is 3.55. The van der Waals surface area contributed by atoms with Crippen molar-refractivity contribution in [3.05, 3.63) is 63.4 Å². The number of rotatable bonds is 4. The second kappa shape index (κ2) is 6.46. The van der Waals surface area contributed by atoms with Gasteiger partial charge in [-0.05, 0) is 43.7 Å². The van der Waals surface area contributed by atoms with E-state index >= 15 is 0 Å². The number of hydrogen-bond acceptors (Lipinski definition) is 2. The van der Waals surface area contributed by atoms with Gasteiger partial charge < -0.3 is 4.74 Å². The summed E-state index contributed by atoms with van der Waals surface area (Å²) in [5, 5.41) is 0.683. The molecule has 0 saturated heterocycles. The van der Waals surface area contributed by atoms with Gasteiger partial charge >= 0.3 is 0 Å². The Labute approximate surface area is 132 Å². The van der Waals surface area contributed by atoms with Gasteiger partial charge in [0.25, 0.3) is 0 Å².